The van der Waals surface area contributed by atoms with E-state index in [1.165, 1.54) is 49.1 Å². The van der Waals surface area contributed by atoms with Gasteiger partial charge in [-0.2, -0.15) is 0 Å². The first-order valence-corrected chi connectivity index (χ1v) is 6.97. The van der Waals surface area contributed by atoms with Gasteiger partial charge >= 0.3 is 0 Å². The Hall–Kier alpha value is -1.38. The van der Waals surface area contributed by atoms with Gasteiger partial charge in [-0.05, 0) is 23.3 Å². The molecule has 1 saturated heterocycles. The first-order chi connectivity index (χ1) is 8.84. The summed E-state index contributed by atoms with van der Waals surface area (Å²) in [5.74, 6) is 0. The van der Waals surface area contributed by atoms with Crippen LogP contribution >= 0.6 is 0 Å². The monoisotopic (exact) mass is 242 g/mol. The van der Waals surface area contributed by atoms with Crippen molar-refractivity contribution in [3.05, 3.63) is 47.5 Å². The van der Waals surface area contributed by atoms with Crippen LogP contribution in [0.1, 0.15) is 11.1 Å². The number of aryl methyl sites for hydroxylation is 1. The summed E-state index contributed by atoms with van der Waals surface area (Å²) < 4.78 is 0. The minimum absolute atomic E-state index is 1.18. The molecule has 2 heteroatoms. The fourth-order valence-electron chi connectivity index (χ4n) is 2.99. The molecule has 1 fully saturated rings. The molecule has 2 nitrogen and oxygen atoms in total. The Bertz CT molecular complexity index is 542. The zero-order valence-electron chi connectivity index (χ0n) is 11.1. The minimum atomic E-state index is 1.18. The second-order valence-corrected chi connectivity index (χ2v) is 5.37. The summed E-state index contributed by atoms with van der Waals surface area (Å²) in [6.07, 6.45) is 0. The number of piperazine rings is 1. The molecule has 0 amide bonds. The molecule has 2 aromatic carbocycles. The average molecular weight is 242 g/mol. The normalized spacial score (nSPS) is 17.2. The van der Waals surface area contributed by atoms with Crippen LogP contribution in [0.5, 0.6) is 0 Å². The van der Waals surface area contributed by atoms with Gasteiger partial charge < -0.3 is 10.2 Å². The van der Waals surface area contributed by atoms with Crippen molar-refractivity contribution >= 4 is 10.8 Å². The second-order valence-electron chi connectivity index (χ2n) is 5.37. The van der Waals surface area contributed by atoms with Gasteiger partial charge in [-0.1, -0.05) is 36.4 Å². The Morgan fingerprint density at radius 3 is 2.67 bits per heavy atom. The van der Waals surface area contributed by atoms with E-state index in [1.54, 1.807) is 10.5 Å². The van der Waals surface area contributed by atoms with E-state index in [0.717, 1.165) is 0 Å². The largest absolute Gasteiger partial charge is 0.337 e. The molecule has 1 heterocycles. The number of quaternary nitrogens is 2. The number of fused-ring (bicyclic) bond motifs is 1. The fourth-order valence-corrected chi connectivity index (χ4v) is 2.99. The van der Waals surface area contributed by atoms with Crippen molar-refractivity contribution in [3.63, 3.8) is 0 Å². The van der Waals surface area contributed by atoms with Crippen molar-refractivity contribution in [1.29, 1.82) is 0 Å². The lowest BCUT2D eigenvalue weighted by Crippen LogP contribution is -3.19. The molecule has 3 rings (SSSR count). The number of hydrogen-bond donors (Lipinski definition) is 2. The topological polar surface area (TPSA) is 21.1 Å². The van der Waals surface area contributed by atoms with Gasteiger partial charge in [-0.3, -0.25) is 0 Å². The van der Waals surface area contributed by atoms with Gasteiger partial charge in [0.1, 0.15) is 32.7 Å². The van der Waals surface area contributed by atoms with E-state index in [9.17, 15) is 0 Å². The molecule has 0 aliphatic carbocycles. The number of rotatable bonds is 2. The lowest BCUT2D eigenvalue weighted by atomic mass is 9.99. The van der Waals surface area contributed by atoms with Crippen LogP contribution in [0, 0.1) is 6.92 Å². The lowest BCUT2D eigenvalue weighted by molar-refractivity contribution is -0.957. The Morgan fingerprint density at radius 1 is 1.06 bits per heavy atom. The Labute approximate surface area is 109 Å². The molecule has 0 saturated carbocycles. The Balaban J connectivity index is 1.96. The van der Waals surface area contributed by atoms with Crippen LogP contribution in [-0.4, -0.2) is 26.2 Å². The molecule has 0 spiro atoms. The van der Waals surface area contributed by atoms with Crippen molar-refractivity contribution < 1.29 is 10.2 Å². The third kappa shape index (κ3) is 2.26. The standard InChI is InChI=1S/C16H20N2/c1-13-6-7-14-4-2-3-5-15(14)16(13)12-18-10-8-17-9-11-18/h2-7,17H,8-12H2,1H3/p+2. The van der Waals surface area contributed by atoms with Crippen LogP contribution < -0.4 is 10.2 Å². The molecule has 0 radical (unpaired) electrons. The molecule has 1 aliphatic rings. The molecule has 2 aromatic rings. The zero-order valence-corrected chi connectivity index (χ0v) is 11.1. The van der Waals surface area contributed by atoms with Gasteiger partial charge in [0.05, 0.1) is 0 Å². The molecule has 94 valence electrons. The van der Waals surface area contributed by atoms with Crippen LogP contribution in [0.3, 0.4) is 0 Å². The maximum Gasteiger partial charge on any atom is 0.127 e. The van der Waals surface area contributed by atoms with Crippen molar-refractivity contribution in [1.82, 2.24) is 0 Å². The number of nitrogens with two attached hydrogens (primary N) is 1. The molecule has 0 aromatic heterocycles. The third-order valence-corrected chi connectivity index (χ3v) is 4.11. The van der Waals surface area contributed by atoms with Gasteiger partial charge in [0, 0.05) is 5.56 Å². The summed E-state index contributed by atoms with van der Waals surface area (Å²) >= 11 is 0. The Kier molecular flexibility index (Phi) is 3.31. The van der Waals surface area contributed by atoms with E-state index < -0.39 is 0 Å². The fraction of sp³-hybridized carbons (Fsp3) is 0.375. The first kappa shape index (κ1) is 11.7. The maximum atomic E-state index is 2.43. The molecule has 1 aliphatic heterocycles. The SMILES string of the molecule is Cc1ccc2ccccc2c1C[NH+]1CC[NH2+]CC1. The van der Waals surface area contributed by atoms with Gasteiger partial charge in [-0.25, -0.2) is 0 Å². The summed E-state index contributed by atoms with van der Waals surface area (Å²) in [5.41, 5.74) is 2.99. The van der Waals surface area contributed by atoms with Crippen LogP contribution in [0.2, 0.25) is 0 Å². The third-order valence-electron chi connectivity index (χ3n) is 4.11. The summed E-state index contributed by atoms with van der Waals surface area (Å²) in [7, 11) is 0. The van der Waals surface area contributed by atoms with E-state index in [1.807, 2.05) is 0 Å². The van der Waals surface area contributed by atoms with Gasteiger partial charge in [-0.15, -0.1) is 0 Å². The van der Waals surface area contributed by atoms with Crippen molar-refractivity contribution in [2.24, 2.45) is 0 Å². The molecular weight excluding hydrogens is 220 g/mol. The van der Waals surface area contributed by atoms with E-state index in [4.69, 9.17) is 0 Å². The molecule has 0 unspecified atom stereocenters. The van der Waals surface area contributed by atoms with Crippen LogP contribution in [0.25, 0.3) is 10.8 Å². The second kappa shape index (κ2) is 5.09. The summed E-state index contributed by atoms with van der Waals surface area (Å²) in [5, 5.41) is 5.25. The highest BCUT2D eigenvalue weighted by atomic mass is 15.2. The average Bonchev–Trinajstić information content (AvgIpc) is 2.43. The van der Waals surface area contributed by atoms with Crippen molar-refractivity contribution in [3.8, 4) is 0 Å². The van der Waals surface area contributed by atoms with E-state index >= 15 is 0 Å². The maximum absolute atomic E-state index is 2.43. The van der Waals surface area contributed by atoms with E-state index in [2.05, 4.69) is 48.6 Å². The molecular formula is C16H22N2+2. The predicted molar refractivity (Wildman–Crippen MR) is 74.7 cm³/mol. The lowest BCUT2D eigenvalue weighted by Gasteiger charge is -2.23. The van der Waals surface area contributed by atoms with Crippen LogP contribution in [-0.2, 0) is 6.54 Å². The predicted octanol–water partition coefficient (Wildman–Crippen LogP) is 0.110. The summed E-state index contributed by atoms with van der Waals surface area (Å²) in [6, 6.07) is 13.3. The zero-order chi connectivity index (χ0) is 12.4. The van der Waals surface area contributed by atoms with Crippen molar-refractivity contribution in [2.45, 2.75) is 13.5 Å². The van der Waals surface area contributed by atoms with Gasteiger partial charge in [0.15, 0.2) is 0 Å². The summed E-state index contributed by atoms with van der Waals surface area (Å²) in [6.45, 7) is 8.57. The molecule has 3 N–H and O–H groups in total. The number of nitrogens with one attached hydrogen (secondary N) is 1. The number of benzene rings is 2. The quantitative estimate of drug-likeness (QED) is 0.746. The van der Waals surface area contributed by atoms with Crippen molar-refractivity contribution in [2.75, 3.05) is 26.2 Å². The molecule has 0 bridgehead atoms. The minimum Gasteiger partial charge on any atom is -0.337 e. The van der Waals surface area contributed by atoms with E-state index in [0.29, 0.717) is 0 Å². The summed E-state index contributed by atoms with van der Waals surface area (Å²) in [4.78, 5) is 1.73. The highest BCUT2D eigenvalue weighted by Crippen LogP contribution is 2.21. The van der Waals surface area contributed by atoms with Gasteiger partial charge in [0.2, 0.25) is 0 Å². The van der Waals surface area contributed by atoms with E-state index in [-0.39, 0.29) is 0 Å². The number of hydrogen-bond acceptors (Lipinski definition) is 0. The smallest absolute Gasteiger partial charge is 0.127 e. The molecule has 0 atom stereocenters. The first-order valence-electron chi connectivity index (χ1n) is 6.97. The van der Waals surface area contributed by atoms with Crippen LogP contribution in [0.15, 0.2) is 36.4 Å². The molecule has 18 heavy (non-hydrogen) atoms. The van der Waals surface area contributed by atoms with Gasteiger partial charge in [0.25, 0.3) is 0 Å². The highest BCUT2D eigenvalue weighted by molar-refractivity contribution is 5.86. The Morgan fingerprint density at radius 2 is 1.83 bits per heavy atom. The van der Waals surface area contributed by atoms with Crippen LogP contribution in [0.4, 0.5) is 0 Å². The highest BCUT2D eigenvalue weighted by Gasteiger charge is 2.17.